The van der Waals surface area contributed by atoms with Crippen LogP contribution in [0.25, 0.3) is 0 Å². The topological polar surface area (TPSA) is 69.6 Å². The Balaban J connectivity index is 1.56. The number of nitrogens with zero attached hydrogens (tertiary/aromatic N) is 4. The van der Waals surface area contributed by atoms with E-state index in [2.05, 4.69) is 9.97 Å². The van der Waals surface area contributed by atoms with Crippen molar-refractivity contribution in [1.82, 2.24) is 9.97 Å². The van der Waals surface area contributed by atoms with E-state index < -0.39 is 17.8 Å². The van der Waals surface area contributed by atoms with E-state index in [1.54, 1.807) is 4.90 Å². The van der Waals surface area contributed by atoms with Crippen molar-refractivity contribution in [2.75, 3.05) is 29.4 Å². The van der Waals surface area contributed by atoms with Crippen molar-refractivity contribution in [3.8, 4) is 0 Å². The molecule has 9 heteroatoms. The molecule has 3 heterocycles. The minimum Gasteiger partial charge on any atom is -0.481 e. The number of rotatable bonds is 4. The fraction of sp³-hybridized carbons (Fsp3) is 0.688. The molecule has 2 saturated heterocycles. The van der Waals surface area contributed by atoms with Gasteiger partial charge in [0, 0.05) is 38.2 Å². The minimum absolute atomic E-state index is 0.131. The quantitative estimate of drug-likeness (QED) is 0.892. The normalized spacial score (nSPS) is 30.9. The van der Waals surface area contributed by atoms with Crippen LogP contribution in [0.2, 0.25) is 0 Å². The standard InChI is InChI=1S/C16H19F3N4O2/c1-8-2-3-23(8)15-20-12(16(17,18)19)5-13(21-15)22-6-10-9(4-14(24)25)11(10)7-22/h5,8-11H,2-4,6-7H2,1H3,(H,24,25). The first-order chi connectivity index (χ1) is 11.7. The minimum atomic E-state index is -4.52. The lowest BCUT2D eigenvalue weighted by molar-refractivity contribution is -0.141. The van der Waals surface area contributed by atoms with E-state index in [9.17, 15) is 18.0 Å². The van der Waals surface area contributed by atoms with Gasteiger partial charge >= 0.3 is 12.1 Å². The van der Waals surface area contributed by atoms with Gasteiger partial charge in [-0.15, -0.1) is 0 Å². The number of hydrogen-bond donors (Lipinski definition) is 1. The third kappa shape index (κ3) is 2.89. The number of hydrogen-bond acceptors (Lipinski definition) is 5. The molecule has 1 N–H and O–H groups in total. The van der Waals surface area contributed by atoms with Gasteiger partial charge in [-0.25, -0.2) is 4.98 Å². The molecule has 1 aliphatic carbocycles. The van der Waals surface area contributed by atoms with Gasteiger partial charge in [-0.3, -0.25) is 4.79 Å². The lowest BCUT2D eigenvalue weighted by Crippen LogP contribution is -2.47. The van der Waals surface area contributed by atoms with Crippen LogP contribution in [0.15, 0.2) is 6.07 Å². The number of alkyl halides is 3. The summed E-state index contributed by atoms with van der Waals surface area (Å²) in [4.78, 5) is 22.5. The van der Waals surface area contributed by atoms with Crippen LogP contribution in [0.3, 0.4) is 0 Å². The van der Waals surface area contributed by atoms with Gasteiger partial charge in [-0.2, -0.15) is 18.2 Å². The maximum atomic E-state index is 13.2. The molecular formula is C16H19F3N4O2. The van der Waals surface area contributed by atoms with Crippen molar-refractivity contribution >= 4 is 17.7 Å². The van der Waals surface area contributed by atoms with Gasteiger partial charge in [0.25, 0.3) is 0 Å². The molecule has 6 nitrogen and oxygen atoms in total. The van der Waals surface area contributed by atoms with Gasteiger partial charge in [0.2, 0.25) is 5.95 Å². The monoisotopic (exact) mass is 356 g/mol. The molecule has 0 aromatic carbocycles. The molecule has 2 aliphatic heterocycles. The van der Waals surface area contributed by atoms with Crippen LogP contribution in [0.1, 0.15) is 25.5 Å². The van der Waals surface area contributed by atoms with Crippen molar-refractivity contribution in [2.24, 2.45) is 17.8 Å². The molecule has 3 fully saturated rings. The van der Waals surface area contributed by atoms with E-state index in [4.69, 9.17) is 5.11 Å². The first-order valence-corrected chi connectivity index (χ1v) is 8.43. The van der Waals surface area contributed by atoms with Gasteiger partial charge in [0.15, 0.2) is 5.69 Å². The molecule has 0 spiro atoms. The molecular weight excluding hydrogens is 337 g/mol. The predicted octanol–water partition coefficient (Wildman–Crippen LogP) is 2.25. The molecule has 25 heavy (non-hydrogen) atoms. The number of anilines is 2. The Bertz CT molecular complexity index is 699. The molecule has 4 rings (SSSR count). The second-order valence-electron chi connectivity index (χ2n) is 7.23. The number of carboxylic acids is 1. The number of fused-ring (bicyclic) bond motifs is 1. The zero-order valence-corrected chi connectivity index (χ0v) is 13.7. The van der Waals surface area contributed by atoms with Gasteiger partial charge < -0.3 is 14.9 Å². The van der Waals surface area contributed by atoms with Crippen LogP contribution < -0.4 is 9.80 Å². The number of carboxylic acid groups (broad SMARTS) is 1. The van der Waals surface area contributed by atoms with E-state index in [0.29, 0.717) is 19.6 Å². The highest BCUT2D eigenvalue weighted by molar-refractivity contribution is 5.68. The Morgan fingerprint density at radius 2 is 2.00 bits per heavy atom. The lowest BCUT2D eigenvalue weighted by Gasteiger charge is -2.39. The molecule has 1 aromatic rings. The summed E-state index contributed by atoms with van der Waals surface area (Å²) < 4.78 is 39.6. The second-order valence-corrected chi connectivity index (χ2v) is 7.23. The van der Waals surface area contributed by atoms with E-state index >= 15 is 0 Å². The smallest absolute Gasteiger partial charge is 0.433 e. The van der Waals surface area contributed by atoms with Crippen LogP contribution >= 0.6 is 0 Å². The van der Waals surface area contributed by atoms with E-state index in [1.165, 1.54) is 0 Å². The number of piperidine rings is 1. The molecule has 3 atom stereocenters. The largest absolute Gasteiger partial charge is 0.481 e. The summed E-state index contributed by atoms with van der Waals surface area (Å²) in [6.07, 6.45) is -3.47. The van der Waals surface area contributed by atoms with Crippen LogP contribution in [0.5, 0.6) is 0 Å². The van der Waals surface area contributed by atoms with Crippen LogP contribution in [0.4, 0.5) is 24.9 Å². The van der Waals surface area contributed by atoms with Crippen LogP contribution in [0, 0.1) is 17.8 Å². The number of carbonyl (C=O) groups is 1. The van der Waals surface area contributed by atoms with E-state index in [1.807, 2.05) is 11.8 Å². The Hall–Kier alpha value is -2.06. The first kappa shape index (κ1) is 16.4. The molecule has 0 radical (unpaired) electrons. The summed E-state index contributed by atoms with van der Waals surface area (Å²) in [6.45, 7) is 3.72. The van der Waals surface area contributed by atoms with Gasteiger partial charge in [-0.05, 0) is 31.1 Å². The third-order valence-electron chi connectivity index (χ3n) is 5.67. The summed E-state index contributed by atoms with van der Waals surface area (Å²) in [6, 6.07) is 1.15. The number of halogens is 3. The average Bonchev–Trinajstić information content (AvgIpc) is 2.95. The summed E-state index contributed by atoms with van der Waals surface area (Å²) in [5.74, 6) is 0.233. The summed E-state index contributed by atoms with van der Waals surface area (Å²) in [5, 5.41) is 8.88. The maximum absolute atomic E-state index is 13.2. The summed E-state index contributed by atoms with van der Waals surface area (Å²) >= 11 is 0. The molecule has 3 unspecified atom stereocenters. The Morgan fingerprint density at radius 1 is 1.32 bits per heavy atom. The highest BCUT2D eigenvalue weighted by Gasteiger charge is 2.56. The Kier molecular flexibility index (Phi) is 3.59. The second kappa shape index (κ2) is 5.47. The molecule has 1 saturated carbocycles. The molecule has 1 aromatic heterocycles. The van der Waals surface area contributed by atoms with Crippen LogP contribution in [-0.2, 0) is 11.0 Å². The van der Waals surface area contributed by atoms with Crippen molar-refractivity contribution in [3.63, 3.8) is 0 Å². The zero-order valence-electron chi connectivity index (χ0n) is 13.7. The van der Waals surface area contributed by atoms with Crippen molar-refractivity contribution in [1.29, 1.82) is 0 Å². The molecule has 3 aliphatic rings. The highest BCUT2D eigenvalue weighted by Crippen LogP contribution is 2.54. The van der Waals surface area contributed by atoms with Crippen molar-refractivity contribution in [2.45, 2.75) is 32.0 Å². The highest BCUT2D eigenvalue weighted by atomic mass is 19.4. The SMILES string of the molecule is CC1CCN1c1nc(N2CC3C(CC(=O)O)C3C2)cc(C(F)(F)F)n1. The van der Waals surface area contributed by atoms with Crippen LogP contribution in [-0.4, -0.2) is 46.7 Å². The molecule has 0 amide bonds. The van der Waals surface area contributed by atoms with E-state index in [0.717, 1.165) is 12.5 Å². The van der Waals surface area contributed by atoms with Gasteiger partial charge in [0.1, 0.15) is 5.82 Å². The number of aliphatic carboxylic acids is 1. The van der Waals surface area contributed by atoms with E-state index in [-0.39, 0.29) is 42.0 Å². The zero-order chi connectivity index (χ0) is 17.9. The summed E-state index contributed by atoms with van der Waals surface area (Å²) in [7, 11) is 0. The molecule has 0 bridgehead atoms. The fourth-order valence-electron chi connectivity index (χ4n) is 4.01. The Morgan fingerprint density at radius 3 is 2.48 bits per heavy atom. The first-order valence-electron chi connectivity index (χ1n) is 8.43. The molecule has 136 valence electrons. The average molecular weight is 356 g/mol. The number of aromatic nitrogens is 2. The Labute approximate surface area is 142 Å². The van der Waals surface area contributed by atoms with Crippen molar-refractivity contribution < 1.29 is 23.1 Å². The maximum Gasteiger partial charge on any atom is 0.433 e. The van der Waals surface area contributed by atoms with Gasteiger partial charge in [0.05, 0.1) is 0 Å². The summed E-state index contributed by atoms with van der Waals surface area (Å²) in [5.41, 5.74) is -0.922. The predicted molar refractivity (Wildman–Crippen MR) is 83.4 cm³/mol. The van der Waals surface area contributed by atoms with Gasteiger partial charge in [-0.1, -0.05) is 0 Å². The lowest BCUT2D eigenvalue weighted by atomic mass is 10.1. The fourth-order valence-corrected chi connectivity index (χ4v) is 4.01. The third-order valence-corrected chi connectivity index (χ3v) is 5.67. The van der Waals surface area contributed by atoms with Crippen molar-refractivity contribution in [3.05, 3.63) is 11.8 Å².